The van der Waals surface area contributed by atoms with Crippen LogP contribution >= 0.6 is 0 Å². The monoisotopic (exact) mass is 312 g/mol. The maximum atomic E-state index is 2.51. The molecular weight excluding hydrogens is 266 g/mol. The number of rotatable bonds is 15. The average molecular weight is 313 g/mol. The van der Waals surface area contributed by atoms with Gasteiger partial charge in [-0.15, -0.1) is 0 Å². The van der Waals surface area contributed by atoms with Gasteiger partial charge in [-0.2, -0.15) is 0 Å². The van der Waals surface area contributed by atoms with E-state index in [9.17, 15) is 0 Å². The van der Waals surface area contributed by atoms with Crippen LogP contribution in [-0.2, 0) is 0 Å². The minimum absolute atomic E-state index is 0.877. The van der Waals surface area contributed by atoms with Crippen LogP contribution in [0.3, 0.4) is 0 Å². The fourth-order valence-corrected chi connectivity index (χ4v) is 3.32. The van der Waals surface area contributed by atoms with E-state index in [2.05, 4.69) is 41.7 Å². The van der Waals surface area contributed by atoms with Crippen molar-refractivity contribution in [2.24, 2.45) is 11.8 Å². The van der Waals surface area contributed by atoms with E-state index in [0.29, 0.717) is 0 Å². The quantitative estimate of drug-likeness (QED) is 0.234. The van der Waals surface area contributed by atoms with Gasteiger partial charge in [0.15, 0.2) is 0 Å². The SMILES string of the molecule is CCCC[N+](C)(CCCCCC(C)C)CCCCCC(C)C. The van der Waals surface area contributed by atoms with Crippen LogP contribution in [-0.4, -0.2) is 31.2 Å². The number of unbranched alkanes of at least 4 members (excludes halogenated alkanes) is 5. The summed E-state index contributed by atoms with van der Waals surface area (Å²) in [5, 5.41) is 0. The van der Waals surface area contributed by atoms with Crippen molar-refractivity contribution in [3.8, 4) is 0 Å². The van der Waals surface area contributed by atoms with E-state index in [0.717, 1.165) is 11.8 Å². The predicted octanol–water partition coefficient (Wildman–Crippen LogP) is 6.67. The van der Waals surface area contributed by atoms with Gasteiger partial charge in [-0.25, -0.2) is 0 Å². The lowest BCUT2D eigenvalue weighted by Gasteiger charge is -2.35. The fraction of sp³-hybridized carbons (Fsp3) is 1.00. The molecule has 0 atom stereocenters. The van der Waals surface area contributed by atoms with Crippen molar-refractivity contribution >= 4 is 0 Å². The molecule has 0 aromatic heterocycles. The van der Waals surface area contributed by atoms with E-state index in [1.807, 2.05) is 0 Å². The Kier molecular flexibility index (Phi) is 13.4. The molecule has 0 aliphatic carbocycles. The van der Waals surface area contributed by atoms with Crippen molar-refractivity contribution in [2.75, 3.05) is 26.7 Å². The minimum Gasteiger partial charge on any atom is -0.326 e. The Morgan fingerprint density at radius 2 is 1.00 bits per heavy atom. The molecule has 0 aromatic rings. The molecule has 0 spiro atoms. The highest BCUT2D eigenvalue weighted by molar-refractivity contribution is 4.51. The molecule has 1 heteroatoms. The smallest absolute Gasteiger partial charge is 0.0784 e. The Hall–Kier alpha value is -0.0400. The number of nitrogens with zero attached hydrogens (tertiary/aromatic N) is 1. The van der Waals surface area contributed by atoms with Crippen LogP contribution in [0.4, 0.5) is 0 Å². The van der Waals surface area contributed by atoms with Gasteiger partial charge in [-0.1, -0.05) is 66.7 Å². The zero-order valence-corrected chi connectivity index (χ0v) is 16.8. The van der Waals surface area contributed by atoms with E-state index in [-0.39, 0.29) is 0 Å². The molecule has 1 nitrogen and oxygen atoms in total. The van der Waals surface area contributed by atoms with Gasteiger partial charge in [0, 0.05) is 0 Å². The van der Waals surface area contributed by atoms with Gasteiger partial charge in [0.2, 0.25) is 0 Å². The lowest BCUT2D eigenvalue weighted by Crippen LogP contribution is -2.46. The Balaban J connectivity index is 3.94. The van der Waals surface area contributed by atoms with Gasteiger partial charge < -0.3 is 4.48 Å². The van der Waals surface area contributed by atoms with E-state index in [1.165, 1.54) is 88.3 Å². The maximum Gasteiger partial charge on any atom is 0.0784 e. The van der Waals surface area contributed by atoms with E-state index < -0.39 is 0 Å². The molecule has 0 radical (unpaired) electrons. The molecule has 0 bridgehead atoms. The van der Waals surface area contributed by atoms with Gasteiger partial charge in [-0.05, 0) is 43.9 Å². The summed E-state index contributed by atoms with van der Waals surface area (Å²) in [7, 11) is 2.51. The van der Waals surface area contributed by atoms with Crippen LogP contribution in [0.25, 0.3) is 0 Å². The second kappa shape index (κ2) is 13.4. The van der Waals surface area contributed by atoms with E-state index in [4.69, 9.17) is 0 Å². The van der Waals surface area contributed by atoms with Gasteiger partial charge in [0.05, 0.1) is 26.7 Å². The zero-order valence-electron chi connectivity index (χ0n) is 16.8. The van der Waals surface area contributed by atoms with Crippen molar-refractivity contribution in [3.63, 3.8) is 0 Å². The number of hydrogen-bond donors (Lipinski definition) is 0. The fourth-order valence-electron chi connectivity index (χ4n) is 3.32. The van der Waals surface area contributed by atoms with Crippen molar-refractivity contribution in [1.82, 2.24) is 0 Å². The molecule has 0 rings (SSSR count). The normalized spacial score (nSPS) is 12.5. The van der Waals surface area contributed by atoms with E-state index >= 15 is 0 Å². The van der Waals surface area contributed by atoms with Gasteiger partial charge >= 0.3 is 0 Å². The third kappa shape index (κ3) is 13.6. The van der Waals surface area contributed by atoms with Crippen molar-refractivity contribution in [1.29, 1.82) is 0 Å². The summed E-state index contributed by atoms with van der Waals surface area (Å²) in [6, 6.07) is 0. The summed E-state index contributed by atoms with van der Waals surface area (Å²) in [5.41, 5.74) is 0. The first-order valence-electron chi connectivity index (χ1n) is 10.2. The van der Waals surface area contributed by atoms with Gasteiger partial charge in [-0.3, -0.25) is 0 Å². The van der Waals surface area contributed by atoms with Crippen LogP contribution in [0.2, 0.25) is 0 Å². The Bertz CT molecular complexity index is 214. The van der Waals surface area contributed by atoms with Crippen LogP contribution in [0.5, 0.6) is 0 Å². The first-order chi connectivity index (χ1) is 10.4. The lowest BCUT2D eigenvalue weighted by molar-refractivity contribution is -0.910. The molecule has 0 aliphatic heterocycles. The third-order valence-electron chi connectivity index (χ3n) is 5.01. The standard InChI is InChI=1S/C21H46N/c1-7-8-17-22(6,18-13-9-11-15-20(2)3)19-14-10-12-16-21(4)5/h20-21H,7-19H2,1-6H3/q+1. The molecule has 0 amide bonds. The molecule has 0 unspecified atom stereocenters. The average Bonchev–Trinajstić information content (AvgIpc) is 2.44. The first-order valence-corrected chi connectivity index (χ1v) is 10.2. The molecule has 0 fully saturated rings. The van der Waals surface area contributed by atoms with Crippen molar-refractivity contribution < 1.29 is 4.48 Å². The molecule has 0 heterocycles. The first kappa shape index (κ1) is 22.0. The maximum absolute atomic E-state index is 2.51. The van der Waals surface area contributed by atoms with Gasteiger partial charge in [0.1, 0.15) is 0 Å². The minimum atomic E-state index is 0.877. The Morgan fingerprint density at radius 3 is 1.36 bits per heavy atom. The van der Waals surface area contributed by atoms with Crippen molar-refractivity contribution in [3.05, 3.63) is 0 Å². The largest absolute Gasteiger partial charge is 0.326 e. The highest BCUT2D eigenvalue weighted by Gasteiger charge is 2.19. The summed E-state index contributed by atoms with van der Waals surface area (Å²) < 4.78 is 1.33. The molecule has 0 aliphatic rings. The molecule has 0 saturated carbocycles. The van der Waals surface area contributed by atoms with Crippen LogP contribution in [0, 0.1) is 11.8 Å². The van der Waals surface area contributed by atoms with Crippen LogP contribution in [0.15, 0.2) is 0 Å². The van der Waals surface area contributed by atoms with Gasteiger partial charge in [0.25, 0.3) is 0 Å². The Morgan fingerprint density at radius 1 is 0.591 bits per heavy atom. The summed E-state index contributed by atoms with van der Waals surface area (Å²) in [4.78, 5) is 0. The molecule has 22 heavy (non-hydrogen) atoms. The van der Waals surface area contributed by atoms with Crippen LogP contribution < -0.4 is 0 Å². The lowest BCUT2D eigenvalue weighted by atomic mass is 10.0. The molecule has 0 saturated heterocycles. The number of hydrogen-bond acceptors (Lipinski definition) is 0. The summed E-state index contributed by atoms with van der Waals surface area (Å²) in [5.74, 6) is 1.75. The molecule has 0 N–H and O–H groups in total. The summed E-state index contributed by atoms with van der Waals surface area (Å²) >= 11 is 0. The van der Waals surface area contributed by atoms with Crippen molar-refractivity contribution in [2.45, 2.75) is 98.8 Å². The molecular formula is C21H46N+. The second-order valence-corrected chi connectivity index (χ2v) is 8.63. The molecule has 0 aromatic carbocycles. The third-order valence-corrected chi connectivity index (χ3v) is 5.01. The second-order valence-electron chi connectivity index (χ2n) is 8.63. The molecule has 134 valence electrons. The summed E-state index contributed by atoms with van der Waals surface area (Å²) in [6.07, 6.45) is 14.2. The summed E-state index contributed by atoms with van der Waals surface area (Å²) in [6.45, 7) is 15.9. The highest BCUT2D eigenvalue weighted by Crippen LogP contribution is 2.15. The van der Waals surface area contributed by atoms with Crippen LogP contribution in [0.1, 0.15) is 98.8 Å². The Labute approximate surface area is 142 Å². The number of quaternary nitrogens is 1. The predicted molar refractivity (Wildman–Crippen MR) is 102 cm³/mol. The highest BCUT2D eigenvalue weighted by atomic mass is 15.3. The van der Waals surface area contributed by atoms with E-state index in [1.54, 1.807) is 0 Å². The topological polar surface area (TPSA) is 0 Å². The zero-order chi connectivity index (χ0) is 16.8.